The van der Waals surface area contributed by atoms with E-state index in [9.17, 15) is 14.4 Å². The molecule has 9 heteroatoms. The van der Waals surface area contributed by atoms with Crippen molar-refractivity contribution in [2.45, 2.75) is 46.9 Å². The SMILES string of the molecule is CC(=O)[C@@H](C)Cn1c(=O)nc(Nc2ccc(OC(C)C)cc2)n(Cc2ccc(Cl)cc2)c1=O. The number of aromatic nitrogens is 3. The Morgan fingerprint density at radius 2 is 1.67 bits per heavy atom. The molecule has 1 aromatic heterocycles. The highest BCUT2D eigenvalue weighted by Gasteiger charge is 2.18. The third-order valence-corrected chi connectivity index (χ3v) is 5.29. The summed E-state index contributed by atoms with van der Waals surface area (Å²) < 4.78 is 8.02. The molecule has 1 heterocycles. The van der Waals surface area contributed by atoms with Gasteiger partial charge >= 0.3 is 11.4 Å². The van der Waals surface area contributed by atoms with Crippen LogP contribution in [0.4, 0.5) is 11.6 Å². The molecule has 1 N–H and O–H groups in total. The topological polar surface area (TPSA) is 95.2 Å². The third kappa shape index (κ3) is 6.32. The van der Waals surface area contributed by atoms with Crippen molar-refractivity contribution in [2.24, 2.45) is 5.92 Å². The van der Waals surface area contributed by atoms with Gasteiger partial charge in [0.1, 0.15) is 11.5 Å². The van der Waals surface area contributed by atoms with Crippen LogP contribution in [0.5, 0.6) is 5.75 Å². The lowest BCUT2D eigenvalue weighted by atomic mass is 10.1. The first-order valence-electron chi connectivity index (χ1n) is 10.6. The molecule has 0 aliphatic heterocycles. The number of carbonyl (C=O) groups is 1. The van der Waals surface area contributed by atoms with Crippen LogP contribution in [-0.2, 0) is 17.9 Å². The number of nitrogens with zero attached hydrogens (tertiary/aromatic N) is 3. The van der Waals surface area contributed by atoms with Gasteiger partial charge in [-0.25, -0.2) is 14.2 Å². The van der Waals surface area contributed by atoms with Gasteiger partial charge in [-0.15, -0.1) is 0 Å². The summed E-state index contributed by atoms with van der Waals surface area (Å²) >= 11 is 5.98. The predicted octanol–water partition coefficient (Wildman–Crippen LogP) is 3.86. The van der Waals surface area contributed by atoms with Crippen LogP contribution in [0.15, 0.2) is 58.1 Å². The van der Waals surface area contributed by atoms with Crippen molar-refractivity contribution in [3.05, 3.63) is 80.1 Å². The third-order valence-electron chi connectivity index (χ3n) is 5.04. The van der Waals surface area contributed by atoms with E-state index in [1.807, 2.05) is 13.8 Å². The van der Waals surface area contributed by atoms with Crippen LogP contribution in [0.25, 0.3) is 0 Å². The van der Waals surface area contributed by atoms with Gasteiger partial charge in [-0.05, 0) is 62.7 Å². The van der Waals surface area contributed by atoms with Crippen molar-refractivity contribution in [1.29, 1.82) is 0 Å². The Morgan fingerprint density at radius 3 is 2.24 bits per heavy atom. The predicted molar refractivity (Wildman–Crippen MR) is 129 cm³/mol. The normalized spacial score (nSPS) is 11.9. The van der Waals surface area contributed by atoms with E-state index in [4.69, 9.17) is 16.3 Å². The Hall–Kier alpha value is -3.39. The zero-order valence-electron chi connectivity index (χ0n) is 19.0. The number of Topliss-reactive ketones (excluding diaryl/α,β-unsaturated/α-hetero) is 1. The second-order valence-electron chi connectivity index (χ2n) is 8.15. The van der Waals surface area contributed by atoms with Gasteiger partial charge in [0.15, 0.2) is 0 Å². The molecule has 0 radical (unpaired) electrons. The highest BCUT2D eigenvalue weighted by Crippen LogP contribution is 2.20. The van der Waals surface area contributed by atoms with Gasteiger partial charge in [0.2, 0.25) is 5.95 Å². The number of ketones is 1. The molecular weight excluding hydrogens is 444 g/mol. The van der Waals surface area contributed by atoms with Gasteiger partial charge in [0.05, 0.1) is 12.6 Å². The number of carbonyl (C=O) groups excluding carboxylic acids is 1. The second kappa shape index (κ2) is 10.5. The highest BCUT2D eigenvalue weighted by atomic mass is 35.5. The summed E-state index contributed by atoms with van der Waals surface area (Å²) in [5.74, 6) is 0.199. The minimum Gasteiger partial charge on any atom is -0.491 e. The molecule has 0 saturated heterocycles. The van der Waals surface area contributed by atoms with Gasteiger partial charge in [-0.1, -0.05) is 30.7 Å². The average molecular weight is 471 g/mol. The average Bonchev–Trinajstić information content (AvgIpc) is 2.76. The van der Waals surface area contributed by atoms with Crippen LogP contribution in [-0.4, -0.2) is 26.0 Å². The Morgan fingerprint density at radius 1 is 1.03 bits per heavy atom. The number of anilines is 2. The lowest BCUT2D eigenvalue weighted by Crippen LogP contribution is -2.44. The molecule has 8 nitrogen and oxygen atoms in total. The summed E-state index contributed by atoms with van der Waals surface area (Å²) in [6.45, 7) is 7.10. The van der Waals surface area contributed by atoms with Crippen LogP contribution >= 0.6 is 11.6 Å². The van der Waals surface area contributed by atoms with Gasteiger partial charge in [-0.2, -0.15) is 4.98 Å². The molecule has 3 rings (SSSR count). The zero-order valence-corrected chi connectivity index (χ0v) is 19.8. The molecule has 2 aromatic carbocycles. The van der Waals surface area contributed by atoms with Gasteiger partial charge in [0, 0.05) is 23.2 Å². The molecule has 3 aromatic rings. The molecule has 0 fully saturated rings. The number of hydrogen-bond acceptors (Lipinski definition) is 6. The van der Waals surface area contributed by atoms with Gasteiger partial charge in [0.25, 0.3) is 0 Å². The Labute approximate surface area is 196 Å². The first-order chi connectivity index (χ1) is 15.6. The largest absolute Gasteiger partial charge is 0.491 e. The summed E-state index contributed by atoms with van der Waals surface area (Å²) in [7, 11) is 0. The van der Waals surface area contributed by atoms with Crippen molar-refractivity contribution in [2.75, 3.05) is 5.32 Å². The first-order valence-corrected chi connectivity index (χ1v) is 11.0. The molecule has 0 aliphatic carbocycles. The fourth-order valence-corrected chi connectivity index (χ4v) is 3.24. The summed E-state index contributed by atoms with van der Waals surface area (Å²) in [4.78, 5) is 41.8. The highest BCUT2D eigenvalue weighted by molar-refractivity contribution is 6.30. The van der Waals surface area contributed by atoms with E-state index in [0.29, 0.717) is 16.5 Å². The van der Waals surface area contributed by atoms with E-state index >= 15 is 0 Å². The summed E-state index contributed by atoms with van der Waals surface area (Å²) in [6.07, 6.45) is 0.0417. The van der Waals surface area contributed by atoms with E-state index in [2.05, 4.69) is 10.3 Å². The van der Waals surface area contributed by atoms with E-state index in [1.165, 1.54) is 11.5 Å². The van der Waals surface area contributed by atoms with Crippen molar-refractivity contribution in [3.8, 4) is 5.75 Å². The monoisotopic (exact) mass is 470 g/mol. The molecule has 33 heavy (non-hydrogen) atoms. The fourth-order valence-electron chi connectivity index (χ4n) is 3.12. The Bertz CT molecular complexity index is 1230. The standard InChI is InChI=1S/C24H27ClN4O4/c1-15(2)33-21-11-9-20(10-12-21)26-22-27-23(31)29(13-16(3)17(4)30)24(32)28(22)14-18-5-7-19(25)8-6-18/h5-12,15-16H,13-14H2,1-4H3,(H,26,27,31)/t16-/m0/s1. The lowest BCUT2D eigenvalue weighted by molar-refractivity contribution is -0.120. The molecule has 0 unspecified atom stereocenters. The number of halogens is 1. The quantitative estimate of drug-likeness (QED) is 0.510. The van der Waals surface area contributed by atoms with Crippen LogP contribution in [0, 0.1) is 5.92 Å². The first kappa shape index (κ1) is 24.3. The summed E-state index contributed by atoms with van der Waals surface area (Å²) in [5, 5.41) is 3.64. The van der Waals surface area contributed by atoms with Crippen molar-refractivity contribution in [3.63, 3.8) is 0 Å². The lowest BCUT2D eigenvalue weighted by Gasteiger charge is -2.17. The maximum atomic E-state index is 13.3. The van der Waals surface area contributed by atoms with Gasteiger partial charge in [-0.3, -0.25) is 9.36 Å². The zero-order chi connectivity index (χ0) is 24.1. The van der Waals surface area contributed by atoms with E-state index in [0.717, 1.165) is 10.1 Å². The Kier molecular flexibility index (Phi) is 7.71. The molecular formula is C24H27ClN4O4. The van der Waals surface area contributed by atoms with Crippen LogP contribution in [0.3, 0.4) is 0 Å². The number of rotatable bonds is 9. The summed E-state index contributed by atoms with van der Waals surface area (Å²) in [5.41, 5.74) is 0.164. The van der Waals surface area contributed by atoms with E-state index in [-0.39, 0.29) is 30.9 Å². The fraction of sp³-hybridized carbons (Fsp3) is 0.333. The number of ether oxygens (including phenoxy) is 1. The van der Waals surface area contributed by atoms with Crippen molar-refractivity contribution < 1.29 is 9.53 Å². The number of hydrogen-bond donors (Lipinski definition) is 1. The van der Waals surface area contributed by atoms with Crippen molar-refractivity contribution >= 4 is 29.0 Å². The van der Waals surface area contributed by atoms with E-state index in [1.54, 1.807) is 55.5 Å². The smallest absolute Gasteiger partial charge is 0.354 e. The van der Waals surface area contributed by atoms with Crippen LogP contribution in [0.1, 0.15) is 33.3 Å². The molecule has 0 spiro atoms. The molecule has 174 valence electrons. The molecule has 0 bridgehead atoms. The van der Waals surface area contributed by atoms with Crippen molar-refractivity contribution in [1.82, 2.24) is 14.1 Å². The summed E-state index contributed by atoms with van der Waals surface area (Å²) in [6, 6.07) is 14.2. The molecule has 1 atom stereocenters. The van der Waals surface area contributed by atoms with E-state index < -0.39 is 17.3 Å². The van der Waals surface area contributed by atoms with Crippen LogP contribution < -0.4 is 21.4 Å². The van der Waals surface area contributed by atoms with Crippen LogP contribution in [0.2, 0.25) is 5.02 Å². The molecule has 0 saturated carbocycles. The maximum absolute atomic E-state index is 13.3. The minimum atomic E-state index is -0.720. The Balaban J connectivity index is 2.02. The second-order valence-corrected chi connectivity index (χ2v) is 8.59. The minimum absolute atomic E-state index is 0.0395. The molecule has 0 amide bonds. The number of benzene rings is 2. The van der Waals surface area contributed by atoms with Gasteiger partial charge < -0.3 is 10.1 Å². The molecule has 0 aliphatic rings. The maximum Gasteiger partial charge on any atom is 0.354 e. The number of nitrogens with one attached hydrogen (secondary N) is 1.